The molecule has 5 aromatic rings. The average Bonchev–Trinajstić information content (AvgIpc) is 3.09. The van der Waals surface area contributed by atoms with Gasteiger partial charge in [0.05, 0.1) is 25.9 Å². The Labute approximate surface area is 266 Å². The Hall–Kier alpha value is -5.29. The summed E-state index contributed by atoms with van der Waals surface area (Å²) in [5.41, 5.74) is 2.35. The molecule has 1 aliphatic heterocycles. The third-order valence-electron chi connectivity index (χ3n) is 8.05. The number of carbonyl (C=O) groups excluding carboxylic acids is 1. The van der Waals surface area contributed by atoms with Crippen LogP contribution in [0.2, 0.25) is 0 Å². The molecule has 46 heavy (non-hydrogen) atoms. The molecule has 0 spiro atoms. The predicted octanol–water partition coefficient (Wildman–Crippen LogP) is 5.90. The molecule has 0 bridgehead atoms. The number of aromatic nitrogens is 4. The maximum Gasteiger partial charge on any atom is 0.281 e. The van der Waals surface area contributed by atoms with E-state index >= 15 is 0 Å². The first-order valence-electron chi connectivity index (χ1n) is 15.2. The number of carbonyl (C=O) groups is 1. The second-order valence-corrected chi connectivity index (χ2v) is 11.0. The molecule has 6 rings (SSSR count). The normalized spacial score (nSPS) is 13.4. The zero-order valence-electron chi connectivity index (χ0n) is 26.0. The summed E-state index contributed by atoms with van der Waals surface area (Å²) in [7, 11) is 3.13. The van der Waals surface area contributed by atoms with E-state index in [1.807, 2.05) is 24.3 Å². The van der Waals surface area contributed by atoms with Gasteiger partial charge in [-0.3, -0.25) is 19.3 Å². The van der Waals surface area contributed by atoms with Crippen LogP contribution in [0, 0.1) is 5.92 Å². The molecule has 1 N–H and O–H groups in total. The van der Waals surface area contributed by atoms with Gasteiger partial charge in [-0.1, -0.05) is 31.2 Å². The van der Waals surface area contributed by atoms with Gasteiger partial charge in [-0.25, -0.2) is 4.98 Å². The molecule has 11 nitrogen and oxygen atoms in total. The van der Waals surface area contributed by atoms with Crippen LogP contribution in [0.3, 0.4) is 0 Å². The topological polar surface area (TPSA) is 127 Å². The van der Waals surface area contributed by atoms with Gasteiger partial charge in [0.25, 0.3) is 5.91 Å². The highest BCUT2D eigenvalue weighted by Gasteiger charge is 2.21. The van der Waals surface area contributed by atoms with Crippen LogP contribution in [0.4, 0.5) is 5.82 Å². The Morgan fingerprint density at radius 3 is 2.43 bits per heavy atom. The van der Waals surface area contributed by atoms with Gasteiger partial charge >= 0.3 is 0 Å². The van der Waals surface area contributed by atoms with Gasteiger partial charge in [-0.2, -0.15) is 5.10 Å². The van der Waals surface area contributed by atoms with Crippen molar-refractivity contribution in [3.05, 3.63) is 94.7 Å². The molecule has 236 valence electrons. The largest absolute Gasteiger partial charge is 0.493 e. The van der Waals surface area contributed by atoms with Gasteiger partial charge in [0.2, 0.25) is 5.43 Å². The van der Waals surface area contributed by atoms with Gasteiger partial charge < -0.3 is 24.3 Å². The SMILES string of the molecule is CCc1ccc(-c2cn(CC3CCOCC3)nc(C(=O)Nc3ccc(Oc4ccnc5cc(OC)c(OC)cc45)cn3)c2=O)cc1. The van der Waals surface area contributed by atoms with Crippen molar-refractivity contribution in [3.63, 3.8) is 0 Å². The van der Waals surface area contributed by atoms with E-state index in [-0.39, 0.29) is 11.5 Å². The van der Waals surface area contributed by atoms with E-state index in [1.54, 1.807) is 61.6 Å². The molecule has 1 aliphatic rings. The van der Waals surface area contributed by atoms with E-state index in [0.29, 0.717) is 59.8 Å². The maximum atomic E-state index is 13.6. The number of nitrogens with zero attached hydrogens (tertiary/aromatic N) is 4. The number of nitrogens with one attached hydrogen (secondary N) is 1. The number of benzene rings is 2. The Balaban J connectivity index is 1.24. The van der Waals surface area contributed by atoms with Crippen LogP contribution in [0.1, 0.15) is 35.8 Å². The maximum absolute atomic E-state index is 13.6. The highest BCUT2D eigenvalue weighted by atomic mass is 16.5. The van der Waals surface area contributed by atoms with E-state index in [9.17, 15) is 9.59 Å². The fourth-order valence-corrected chi connectivity index (χ4v) is 5.45. The molecule has 3 aromatic heterocycles. The van der Waals surface area contributed by atoms with Crippen LogP contribution in [0.25, 0.3) is 22.0 Å². The van der Waals surface area contributed by atoms with Crippen molar-refractivity contribution in [1.82, 2.24) is 19.7 Å². The molecule has 2 aromatic carbocycles. The standard InChI is InChI=1S/C35H35N5O6/c1-4-22-5-7-24(8-6-22)27-21-40(20-23-12-15-45-16-13-23)39-33(34(27)41)35(42)38-32-10-9-25(19-37-32)46-29-11-14-36-28-18-31(44-3)30(43-2)17-26(28)29/h5-11,14,17-19,21,23H,4,12-13,15-16,20H2,1-3H3,(H,37,38,42). The number of hydrogen-bond acceptors (Lipinski definition) is 9. The molecule has 1 fully saturated rings. The summed E-state index contributed by atoms with van der Waals surface area (Å²) >= 11 is 0. The lowest BCUT2D eigenvalue weighted by atomic mass is 10.00. The summed E-state index contributed by atoms with van der Waals surface area (Å²) in [6.07, 6.45) is 7.55. The highest BCUT2D eigenvalue weighted by Crippen LogP contribution is 2.36. The molecule has 4 heterocycles. The first-order valence-corrected chi connectivity index (χ1v) is 15.2. The molecule has 1 amide bonds. The van der Waals surface area contributed by atoms with E-state index in [1.165, 1.54) is 6.20 Å². The minimum atomic E-state index is -0.639. The van der Waals surface area contributed by atoms with Gasteiger partial charge in [0, 0.05) is 49.2 Å². The van der Waals surface area contributed by atoms with Crippen molar-refractivity contribution in [1.29, 1.82) is 0 Å². The van der Waals surface area contributed by atoms with Gasteiger partial charge in [0.15, 0.2) is 17.2 Å². The molecule has 0 saturated carbocycles. The molecular formula is C35H35N5O6. The highest BCUT2D eigenvalue weighted by molar-refractivity contribution is 6.02. The summed E-state index contributed by atoms with van der Waals surface area (Å²) in [4.78, 5) is 35.9. The Morgan fingerprint density at radius 2 is 1.74 bits per heavy atom. The summed E-state index contributed by atoms with van der Waals surface area (Å²) in [5.74, 6) is 2.04. The Kier molecular flexibility index (Phi) is 9.20. The molecule has 0 aliphatic carbocycles. The van der Waals surface area contributed by atoms with Crippen LogP contribution in [0.15, 0.2) is 78.0 Å². The third-order valence-corrected chi connectivity index (χ3v) is 8.05. The molecule has 0 radical (unpaired) electrons. The number of amides is 1. The number of ether oxygens (including phenoxy) is 4. The van der Waals surface area contributed by atoms with E-state index in [0.717, 1.165) is 35.8 Å². The summed E-state index contributed by atoms with van der Waals surface area (Å²) in [6.45, 7) is 4.04. The predicted molar refractivity (Wildman–Crippen MR) is 174 cm³/mol. The van der Waals surface area contributed by atoms with Crippen LogP contribution in [0.5, 0.6) is 23.0 Å². The number of hydrogen-bond donors (Lipinski definition) is 1. The number of fused-ring (bicyclic) bond motifs is 1. The lowest BCUT2D eigenvalue weighted by Gasteiger charge is -2.23. The van der Waals surface area contributed by atoms with Gasteiger partial charge in [0.1, 0.15) is 17.3 Å². The van der Waals surface area contributed by atoms with E-state index in [2.05, 4.69) is 27.3 Å². The summed E-state index contributed by atoms with van der Waals surface area (Å²) in [6, 6.07) is 16.4. The van der Waals surface area contributed by atoms with Crippen molar-refractivity contribution in [2.24, 2.45) is 5.92 Å². The Bertz CT molecular complexity index is 1900. The summed E-state index contributed by atoms with van der Waals surface area (Å²) < 4.78 is 24.2. The van der Waals surface area contributed by atoms with E-state index < -0.39 is 11.3 Å². The quantitative estimate of drug-likeness (QED) is 0.203. The monoisotopic (exact) mass is 621 g/mol. The first kappa shape index (κ1) is 30.7. The number of rotatable bonds is 10. The van der Waals surface area contributed by atoms with Crippen molar-refractivity contribution >= 4 is 22.6 Å². The van der Waals surface area contributed by atoms with Crippen molar-refractivity contribution in [3.8, 4) is 34.1 Å². The zero-order valence-corrected chi connectivity index (χ0v) is 26.0. The molecule has 11 heteroatoms. The molecule has 0 atom stereocenters. The van der Waals surface area contributed by atoms with Gasteiger partial charge in [-0.05, 0) is 60.6 Å². The van der Waals surface area contributed by atoms with Crippen LogP contribution >= 0.6 is 0 Å². The first-order chi connectivity index (χ1) is 22.4. The minimum Gasteiger partial charge on any atom is -0.493 e. The van der Waals surface area contributed by atoms with Crippen molar-refractivity contribution in [2.45, 2.75) is 32.7 Å². The number of anilines is 1. The van der Waals surface area contributed by atoms with Crippen LogP contribution in [-0.2, 0) is 17.7 Å². The fraction of sp³-hybridized carbons (Fsp3) is 0.286. The second-order valence-electron chi connectivity index (χ2n) is 11.0. The van der Waals surface area contributed by atoms with E-state index in [4.69, 9.17) is 18.9 Å². The van der Waals surface area contributed by atoms with Gasteiger partial charge in [-0.15, -0.1) is 0 Å². The number of aryl methyl sites for hydroxylation is 1. The molecular weight excluding hydrogens is 586 g/mol. The minimum absolute atomic E-state index is 0.195. The summed E-state index contributed by atoms with van der Waals surface area (Å²) in [5, 5.41) is 7.95. The average molecular weight is 622 g/mol. The second kappa shape index (κ2) is 13.8. The lowest BCUT2D eigenvalue weighted by molar-refractivity contribution is 0.0599. The third kappa shape index (κ3) is 6.69. The van der Waals surface area contributed by atoms with Crippen molar-refractivity contribution in [2.75, 3.05) is 32.8 Å². The number of pyridine rings is 2. The zero-order chi connectivity index (χ0) is 32.0. The lowest BCUT2D eigenvalue weighted by Crippen LogP contribution is -2.29. The van der Waals surface area contributed by atoms with Crippen LogP contribution in [-0.4, -0.2) is 53.1 Å². The fourth-order valence-electron chi connectivity index (χ4n) is 5.45. The molecule has 0 unspecified atom stereocenters. The smallest absolute Gasteiger partial charge is 0.281 e. The van der Waals surface area contributed by atoms with Crippen LogP contribution < -0.4 is 25.0 Å². The van der Waals surface area contributed by atoms with Crippen molar-refractivity contribution < 1.29 is 23.7 Å². The number of methoxy groups -OCH3 is 2. The Morgan fingerprint density at radius 1 is 0.978 bits per heavy atom. The molecule has 1 saturated heterocycles.